The number of nitrogens with zero attached hydrogens (tertiary/aromatic N) is 2. The Bertz CT molecular complexity index is 1200. The number of amides is 1. The van der Waals surface area contributed by atoms with E-state index in [0.29, 0.717) is 5.75 Å². The highest BCUT2D eigenvalue weighted by Gasteiger charge is 2.10. The molecule has 0 fully saturated rings. The normalized spacial score (nSPS) is 10.8. The van der Waals surface area contributed by atoms with Gasteiger partial charge in [0, 0.05) is 23.6 Å². The number of aryl methyl sites for hydroxylation is 2. The quantitative estimate of drug-likeness (QED) is 0.511. The number of nitrogens with one attached hydrogen (secondary N) is 1. The number of pyridine rings is 1. The minimum Gasteiger partial charge on any atom is -0.497 e. The molecule has 0 radical (unpaired) electrons. The van der Waals surface area contributed by atoms with Gasteiger partial charge >= 0.3 is 0 Å². The average molecular weight is 401 g/mol. The van der Waals surface area contributed by atoms with Gasteiger partial charge in [0.25, 0.3) is 5.91 Å². The molecule has 0 bridgehead atoms. The first-order chi connectivity index (χ1) is 14.5. The van der Waals surface area contributed by atoms with Crippen molar-refractivity contribution in [2.45, 2.75) is 13.8 Å². The Labute approximate surface area is 175 Å². The van der Waals surface area contributed by atoms with E-state index in [4.69, 9.17) is 14.5 Å². The lowest BCUT2D eigenvalue weighted by molar-refractivity contribution is -0.118. The molecule has 0 aliphatic carbocycles. The van der Waals surface area contributed by atoms with Crippen molar-refractivity contribution in [3.05, 3.63) is 78.1 Å². The summed E-state index contributed by atoms with van der Waals surface area (Å²) in [6.45, 7) is 3.92. The molecule has 4 aromatic rings. The van der Waals surface area contributed by atoms with Gasteiger partial charge < -0.3 is 19.2 Å². The highest BCUT2D eigenvalue weighted by atomic mass is 16.5. The van der Waals surface area contributed by atoms with Crippen LogP contribution >= 0.6 is 0 Å². The van der Waals surface area contributed by atoms with E-state index in [9.17, 15) is 4.79 Å². The number of hydrogen-bond acceptors (Lipinski definition) is 4. The number of hydrogen-bond donors (Lipinski definition) is 1. The Hall–Kier alpha value is -3.80. The van der Waals surface area contributed by atoms with Crippen LogP contribution in [0.15, 0.2) is 67.0 Å². The van der Waals surface area contributed by atoms with Crippen LogP contribution in [-0.4, -0.2) is 29.0 Å². The standard InChI is InChI=1S/C24H23N3O3/c1-16-10-11-27-14-22(25-23(27)12-16)18-5-4-17(2)21(13-18)26-24(28)15-30-20-8-6-19(29-3)7-9-20/h4-14H,15H2,1-3H3,(H,26,28). The predicted octanol–water partition coefficient (Wildman–Crippen LogP) is 4.64. The van der Waals surface area contributed by atoms with Crippen molar-refractivity contribution in [1.29, 1.82) is 0 Å². The molecule has 0 saturated heterocycles. The number of imidazole rings is 1. The SMILES string of the molecule is COc1ccc(OCC(=O)Nc2cc(-c3cn4ccc(C)cc4n3)ccc2C)cc1. The van der Waals surface area contributed by atoms with Gasteiger partial charge in [-0.25, -0.2) is 4.98 Å². The summed E-state index contributed by atoms with van der Waals surface area (Å²) in [5.74, 6) is 1.12. The van der Waals surface area contributed by atoms with Crippen LogP contribution in [0.25, 0.3) is 16.9 Å². The van der Waals surface area contributed by atoms with Gasteiger partial charge in [-0.05, 0) is 67.4 Å². The minimum absolute atomic E-state index is 0.0797. The van der Waals surface area contributed by atoms with E-state index in [-0.39, 0.29) is 12.5 Å². The molecule has 0 unspecified atom stereocenters. The summed E-state index contributed by atoms with van der Waals surface area (Å²) in [5, 5.41) is 2.93. The number of fused-ring (bicyclic) bond motifs is 1. The molecule has 0 spiro atoms. The number of carbonyl (C=O) groups is 1. The number of rotatable bonds is 6. The fourth-order valence-corrected chi connectivity index (χ4v) is 3.15. The fraction of sp³-hybridized carbons (Fsp3) is 0.167. The summed E-state index contributed by atoms with van der Waals surface area (Å²) >= 11 is 0. The highest BCUT2D eigenvalue weighted by Crippen LogP contribution is 2.25. The monoisotopic (exact) mass is 401 g/mol. The number of ether oxygens (including phenoxy) is 2. The lowest BCUT2D eigenvalue weighted by atomic mass is 10.1. The van der Waals surface area contributed by atoms with Gasteiger partial charge in [-0.3, -0.25) is 4.79 Å². The van der Waals surface area contributed by atoms with Crippen molar-refractivity contribution in [3.63, 3.8) is 0 Å². The zero-order valence-electron chi connectivity index (χ0n) is 17.2. The third kappa shape index (κ3) is 4.27. The number of anilines is 1. The van der Waals surface area contributed by atoms with Gasteiger partial charge in [0.15, 0.2) is 6.61 Å². The molecular weight excluding hydrogens is 378 g/mol. The Morgan fingerprint density at radius 2 is 1.80 bits per heavy atom. The Kier molecular flexibility index (Phi) is 5.39. The molecule has 6 nitrogen and oxygen atoms in total. The Morgan fingerprint density at radius 1 is 1.03 bits per heavy atom. The second kappa shape index (κ2) is 8.29. The van der Waals surface area contributed by atoms with Crippen molar-refractivity contribution >= 4 is 17.2 Å². The molecule has 152 valence electrons. The van der Waals surface area contributed by atoms with Crippen LogP contribution in [0.1, 0.15) is 11.1 Å². The maximum atomic E-state index is 12.4. The van der Waals surface area contributed by atoms with Crippen LogP contribution in [0.4, 0.5) is 5.69 Å². The van der Waals surface area contributed by atoms with Gasteiger partial charge in [-0.1, -0.05) is 12.1 Å². The molecule has 0 atom stereocenters. The van der Waals surface area contributed by atoms with Crippen LogP contribution in [-0.2, 0) is 4.79 Å². The minimum atomic E-state index is -0.225. The van der Waals surface area contributed by atoms with Crippen molar-refractivity contribution < 1.29 is 14.3 Å². The smallest absolute Gasteiger partial charge is 0.262 e. The molecule has 0 aliphatic rings. The Morgan fingerprint density at radius 3 is 2.57 bits per heavy atom. The third-order valence-corrected chi connectivity index (χ3v) is 4.85. The molecule has 2 aromatic heterocycles. The van der Waals surface area contributed by atoms with E-state index < -0.39 is 0 Å². The topological polar surface area (TPSA) is 64.9 Å². The first-order valence-electron chi connectivity index (χ1n) is 9.65. The molecule has 30 heavy (non-hydrogen) atoms. The predicted molar refractivity (Wildman–Crippen MR) is 117 cm³/mol. The van der Waals surface area contributed by atoms with Crippen molar-refractivity contribution in [3.8, 4) is 22.8 Å². The van der Waals surface area contributed by atoms with Crippen molar-refractivity contribution in [2.75, 3.05) is 19.0 Å². The second-order valence-electron chi connectivity index (χ2n) is 7.14. The number of carbonyl (C=O) groups excluding carboxylic acids is 1. The van der Waals surface area contributed by atoms with Gasteiger partial charge in [-0.15, -0.1) is 0 Å². The summed E-state index contributed by atoms with van der Waals surface area (Å²) < 4.78 is 12.7. The maximum absolute atomic E-state index is 12.4. The summed E-state index contributed by atoms with van der Waals surface area (Å²) in [4.78, 5) is 17.1. The molecular formula is C24H23N3O3. The van der Waals surface area contributed by atoms with E-state index in [1.165, 1.54) is 0 Å². The van der Waals surface area contributed by atoms with Crippen LogP contribution in [0.2, 0.25) is 0 Å². The van der Waals surface area contributed by atoms with E-state index in [1.54, 1.807) is 31.4 Å². The number of benzene rings is 2. The molecule has 2 aromatic carbocycles. The lowest BCUT2D eigenvalue weighted by Gasteiger charge is -2.11. The summed E-state index contributed by atoms with van der Waals surface area (Å²) in [6, 6.07) is 17.1. The largest absolute Gasteiger partial charge is 0.497 e. The number of methoxy groups -OCH3 is 1. The number of aromatic nitrogens is 2. The van der Waals surface area contributed by atoms with Crippen molar-refractivity contribution in [1.82, 2.24) is 9.38 Å². The molecule has 6 heteroatoms. The fourth-order valence-electron chi connectivity index (χ4n) is 3.15. The molecule has 4 rings (SSSR count). The first-order valence-corrected chi connectivity index (χ1v) is 9.65. The van der Waals surface area contributed by atoms with Crippen LogP contribution < -0.4 is 14.8 Å². The molecule has 1 N–H and O–H groups in total. The average Bonchev–Trinajstić information content (AvgIpc) is 3.17. The lowest BCUT2D eigenvalue weighted by Crippen LogP contribution is -2.20. The summed E-state index contributed by atoms with van der Waals surface area (Å²) in [6.07, 6.45) is 3.98. The zero-order valence-corrected chi connectivity index (χ0v) is 17.2. The molecule has 0 aliphatic heterocycles. The highest BCUT2D eigenvalue weighted by molar-refractivity contribution is 5.93. The van der Waals surface area contributed by atoms with E-state index in [2.05, 4.69) is 5.32 Å². The van der Waals surface area contributed by atoms with Crippen LogP contribution in [0.3, 0.4) is 0 Å². The van der Waals surface area contributed by atoms with E-state index >= 15 is 0 Å². The maximum Gasteiger partial charge on any atom is 0.262 e. The summed E-state index contributed by atoms with van der Waals surface area (Å²) in [7, 11) is 1.60. The molecule has 1 amide bonds. The van der Waals surface area contributed by atoms with Crippen molar-refractivity contribution in [2.24, 2.45) is 0 Å². The van der Waals surface area contributed by atoms with Crippen LogP contribution in [0.5, 0.6) is 11.5 Å². The third-order valence-electron chi connectivity index (χ3n) is 4.85. The summed E-state index contributed by atoms with van der Waals surface area (Å²) in [5.41, 5.74) is 5.55. The van der Waals surface area contributed by atoms with E-state index in [1.807, 2.05) is 61.0 Å². The van der Waals surface area contributed by atoms with Gasteiger partial charge in [0.1, 0.15) is 17.1 Å². The zero-order chi connectivity index (χ0) is 21.1. The second-order valence-corrected chi connectivity index (χ2v) is 7.14. The van der Waals surface area contributed by atoms with Gasteiger partial charge in [0.05, 0.1) is 12.8 Å². The first kappa shape index (κ1) is 19.5. The van der Waals surface area contributed by atoms with Gasteiger partial charge in [0.2, 0.25) is 0 Å². The Balaban J connectivity index is 1.47. The van der Waals surface area contributed by atoms with Gasteiger partial charge in [-0.2, -0.15) is 0 Å². The van der Waals surface area contributed by atoms with Crippen LogP contribution in [0, 0.1) is 13.8 Å². The molecule has 0 saturated carbocycles. The molecule has 2 heterocycles. The van der Waals surface area contributed by atoms with E-state index in [0.717, 1.165) is 39.5 Å².